The molecule has 2 aliphatic rings. The zero-order chi connectivity index (χ0) is 18.7. The maximum Gasteiger partial charge on any atom is 0.239 e. The van der Waals surface area contributed by atoms with Crippen molar-refractivity contribution in [2.75, 3.05) is 56.5 Å². The number of anilines is 1. The number of carbonyl (C=O) groups excluding carboxylic acids is 1. The molecule has 144 valence electrons. The maximum atomic E-state index is 12.7. The average molecular weight is 381 g/mol. The van der Waals surface area contributed by atoms with Crippen molar-refractivity contribution < 1.29 is 13.2 Å². The van der Waals surface area contributed by atoms with Gasteiger partial charge in [-0.1, -0.05) is 12.1 Å². The summed E-state index contributed by atoms with van der Waals surface area (Å²) in [4.78, 5) is 16.3. The van der Waals surface area contributed by atoms with E-state index in [9.17, 15) is 13.2 Å². The van der Waals surface area contributed by atoms with Gasteiger partial charge in [-0.15, -0.1) is 0 Å². The summed E-state index contributed by atoms with van der Waals surface area (Å²) in [6, 6.07) is 8.25. The number of benzene rings is 1. The highest BCUT2D eigenvalue weighted by Crippen LogP contribution is 2.19. The second-order valence-electron chi connectivity index (χ2n) is 7.12. The average Bonchev–Trinajstić information content (AvgIpc) is 2.62. The van der Waals surface area contributed by atoms with Gasteiger partial charge in [0.15, 0.2) is 0 Å². The van der Waals surface area contributed by atoms with Gasteiger partial charge >= 0.3 is 0 Å². The molecule has 2 fully saturated rings. The maximum absolute atomic E-state index is 12.7. The third kappa shape index (κ3) is 4.36. The molecule has 1 amide bonds. The van der Waals surface area contributed by atoms with Gasteiger partial charge in [0.25, 0.3) is 0 Å². The number of nitrogens with zero attached hydrogens (tertiary/aromatic N) is 3. The molecule has 2 aliphatic heterocycles. The Hall–Kier alpha value is -1.64. The van der Waals surface area contributed by atoms with Crippen LogP contribution in [0, 0.1) is 6.92 Å². The fourth-order valence-corrected chi connectivity index (χ4v) is 4.97. The van der Waals surface area contributed by atoms with E-state index in [0.29, 0.717) is 45.8 Å². The van der Waals surface area contributed by atoms with E-state index < -0.39 is 15.8 Å². The molecule has 0 aromatic heterocycles. The van der Waals surface area contributed by atoms with Gasteiger partial charge in [0.2, 0.25) is 15.9 Å². The summed E-state index contributed by atoms with van der Waals surface area (Å²) in [6.45, 7) is 8.09. The molecular weight excluding hydrogens is 352 g/mol. The number of sulfonamides is 1. The normalized spacial score (nSPS) is 22.5. The Morgan fingerprint density at radius 1 is 1.19 bits per heavy atom. The number of nitrogens with one attached hydrogen (secondary N) is 1. The molecule has 0 bridgehead atoms. The lowest BCUT2D eigenvalue weighted by molar-refractivity contribution is -0.131. The van der Waals surface area contributed by atoms with Crippen LogP contribution in [0.5, 0.6) is 0 Å². The molecule has 8 heteroatoms. The number of hydrogen-bond acceptors (Lipinski definition) is 5. The summed E-state index contributed by atoms with van der Waals surface area (Å²) in [5, 5.41) is 3.21. The largest absolute Gasteiger partial charge is 0.369 e. The first kappa shape index (κ1) is 19.1. The highest BCUT2D eigenvalue weighted by molar-refractivity contribution is 7.89. The predicted molar refractivity (Wildman–Crippen MR) is 103 cm³/mol. The predicted octanol–water partition coefficient (Wildman–Crippen LogP) is 0.267. The van der Waals surface area contributed by atoms with Crippen LogP contribution in [0.15, 0.2) is 24.3 Å². The minimum absolute atomic E-state index is 0.0321. The quantitative estimate of drug-likeness (QED) is 0.812. The molecule has 0 radical (unpaired) electrons. The molecule has 1 aromatic carbocycles. The number of hydrogen-bond donors (Lipinski definition) is 1. The van der Waals surface area contributed by atoms with Gasteiger partial charge in [0.05, 0.1) is 0 Å². The second-order valence-corrected chi connectivity index (χ2v) is 9.09. The summed E-state index contributed by atoms with van der Waals surface area (Å²) in [5.74, 6) is -0.720. The lowest BCUT2D eigenvalue weighted by Crippen LogP contribution is -2.55. The van der Waals surface area contributed by atoms with Crippen LogP contribution in [0.2, 0.25) is 0 Å². The summed E-state index contributed by atoms with van der Waals surface area (Å²) >= 11 is 0. The van der Waals surface area contributed by atoms with Crippen molar-refractivity contribution in [1.29, 1.82) is 0 Å². The number of rotatable bonds is 4. The van der Waals surface area contributed by atoms with Crippen LogP contribution in [0.1, 0.15) is 12.5 Å². The molecule has 1 atom stereocenters. The Balaban J connectivity index is 1.58. The van der Waals surface area contributed by atoms with E-state index in [0.717, 1.165) is 5.69 Å². The molecule has 2 heterocycles. The first-order chi connectivity index (χ1) is 12.4. The molecule has 0 saturated carbocycles. The standard InChI is InChI=1S/C18H28N4O3S/c1-15-4-3-5-17(12-15)20-8-10-21(11-9-20)26(24,25)14-18(23)22-7-6-19-13-16(22)2/h3-5,12,16,19H,6-11,13-14H2,1-2H3. The Bertz CT molecular complexity index is 745. The Kier molecular flexibility index (Phi) is 5.84. The van der Waals surface area contributed by atoms with Gasteiger partial charge in [-0.05, 0) is 31.5 Å². The first-order valence-corrected chi connectivity index (χ1v) is 10.8. The molecule has 1 unspecified atom stereocenters. The van der Waals surface area contributed by atoms with Crippen LogP contribution in [0.3, 0.4) is 0 Å². The van der Waals surface area contributed by atoms with Crippen LogP contribution in [0.25, 0.3) is 0 Å². The van der Waals surface area contributed by atoms with Gasteiger partial charge in [-0.25, -0.2) is 8.42 Å². The highest BCUT2D eigenvalue weighted by Gasteiger charge is 2.32. The van der Waals surface area contributed by atoms with Crippen LogP contribution in [0.4, 0.5) is 5.69 Å². The van der Waals surface area contributed by atoms with Crippen LogP contribution in [-0.2, 0) is 14.8 Å². The molecule has 26 heavy (non-hydrogen) atoms. The monoisotopic (exact) mass is 380 g/mol. The molecule has 3 rings (SSSR count). The molecule has 0 spiro atoms. The van der Waals surface area contributed by atoms with Crippen LogP contribution >= 0.6 is 0 Å². The van der Waals surface area contributed by atoms with Crippen molar-refractivity contribution in [1.82, 2.24) is 14.5 Å². The molecule has 2 saturated heterocycles. The molecular formula is C18H28N4O3S. The third-order valence-electron chi connectivity index (χ3n) is 5.13. The smallest absolute Gasteiger partial charge is 0.239 e. The zero-order valence-electron chi connectivity index (χ0n) is 15.5. The minimum atomic E-state index is -3.57. The first-order valence-electron chi connectivity index (χ1n) is 9.16. The fourth-order valence-electron chi connectivity index (χ4n) is 3.59. The number of amides is 1. The third-order valence-corrected chi connectivity index (χ3v) is 6.89. The van der Waals surface area contributed by atoms with Gasteiger partial charge in [-0.2, -0.15) is 4.31 Å². The van der Waals surface area contributed by atoms with E-state index in [1.54, 1.807) is 4.90 Å². The van der Waals surface area contributed by atoms with Crippen molar-refractivity contribution in [2.45, 2.75) is 19.9 Å². The van der Waals surface area contributed by atoms with Crippen molar-refractivity contribution >= 4 is 21.6 Å². The van der Waals surface area contributed by atoms with Crippen LogP contribution < -0.4 is 10.2 Å². The number of piperazine rings is 2. The fraction of sp³-hybridized carbons (Fsp3) is 0.611. The Labute approximate surface area is 156 Å². The van der Waals surface area contributed by atoms with Crippen molar-refractivity contribution in [3.05, 3.63) is 29.8 Å². The zero-order valence-corrected chi connectivity index (χ0v) is 16.3. The summed E-state index contributed by atoms with van der Waals surface area (Å²) in [7, 11) is -3.57. The summed E-state index contributed by atoms with van der Waals surface area (Å²) < 4.78 is 26.8. The van der Waals surface area contributed by atoms with E-state index >= 15 is 0 Å². The van der Waals surface area contributed by atoms with Crippen molar-refractivity contribution in [2.24, 2.45) is 0 Å². The SMILES string of the molecule is Cc1cccc(N2CCN(S(=O)(=O)CC(=O)N3CCNCC3C)CC2)c1. The molecule has 7 nitrogen and oxygen atoms in total. The van der Waals surface area contributed by atoms with E-state index in [2.05, 4.69) is 16.3 Å². The molecule has 1 N–H and O–H groups in total. The summed E-state index contributed by atoms with van der Waals surface area (Å²) in [6.07, 6.45) is 0. The van der Waals surface area contributed by atoms with E-state index in [4.69, 9.17) is 0 Å². The van der Waals surface area contributed by atoms with Gasteiger partial charge in [0, 0.05) is 57.5 Å². The lowest BCUT2D eigenvalue weighted by atomic mass is 10.2. The van der Waals surface area contributed by atoms with Crippen LogP contribution in [-0.4, -0.2) is 81.1 Å². The molecule has 1 aromatic rings. The van der Waals surface area contributed by atoms with E-state index in [-0.39, 0.29) is 11.9 Å². The number of aryl methyl sites for hydroxylation is 1. The Morgan fingerprint density at radius 2 is 1.92 bits per heavy atom. The van der Waals surface area contributed by atoms with Gasteiger partial charge in [0.1, 0.15) is 5.75 Å². The molecule has 0 aliphatic carbocycles. The van der Waals surface area contributed by atoms with Crippen molar-refractivity contribution in [3.63, 3.8) is 0 Å². The summed E-state index contributed by atoms with van der Waals surface area (Å²) in [5.41, 5.74) is 2.31. The van der Waals surface area contributed by atoms with Gasteiger partial charge < -0.3 is 15.1 Å². The van der Waals surface area contributed by atoms with E-state index in [1.807, 2.05) is 32.0 Å². The van der Waals surface area contributed by atoms with E-state index in [1.165, 1.54) is 9.87 Å². The highest BCUT2D eigenvalue weighted by atomic mass is 32.2. The second kappa shape index (κ2) is 7.94. The number of carbonyl (C=O) groups is 1. The van der Waals surface area contributed by atoms with Crippen molar-refractivity contribution in [3.8, 4) is 0 Å². The topological polar surface area (TPSA) is 73.0 Å². The minimum Gasteiger partial charge on any atom is -0.369 e. The lowest BCUT2D eigenvalue weighted by Gasteiger charge is -2.37. The van der Waals surface area contributed by atoms with Gasteiger partial charge in [-0.3, -0.25) is 4.79 Å². The Morgan fingerprint density at radius 3 is 2.58 bits per heavy atom.